The Kier molecular flexibility index (Phi) is 1.20. The minimum absolute atomic E-state index is 0.202. The topological polar surface area (TPSA) is 33.0 Å². The van der Waals surface area contributed by atoms with Crippen molar-refractivity contribution >= 4 is 10.9 Å². The molecule has 78 valence electrons. The SMILES string of the molecule is [C-]#[N+]C1(c2ccc3cn[nH]c3c2)CC12CC2. The zero-order chi connectivity index (χ0) is 10.8. The third-order valence-electron chi connectivity index (χ3n) is 4.31. The number of aromatic amines is 1. The molecular formula is C13H11N3. The first kappa shape index (κ1) is 8.35. The van der Waals surface area contributed by atoms with Gasteiger partial charge in [0.2, 0.25) is 0 Å². The number of fused-ring (bicyclic) bond motifs is 1. The van der Waals surface area contributed by atoms with Gasteiger partial charge in [0.1, 0.15) is 0 Å². The molecule has 0 aliphatic heterocycles. The molecule has 2 aliphatic rings. The second-order valence-corrected chi connectivity index (χ2v) is 5.10. The number of hydrogen-bond acceptors (Lipinski definition) is 1. The molecule has 2 fully saturated rings. The zero-order valence-electron chi connectivity index (χ0n) is 8.83. The van der Waals surface area contributed by atoms with E-state index in [1.54, 1.807) is 0 Å². The van der Waals surface area contributed by atoms with Gasteiger partial charge in [0.05, 0.1) is 17.1 Å². The first-order chi connectivity index (χ1) is 7.80. The van der Waals surface area contributed by atoms with E-state index >= 15 is 0 Å². The fourth-order valence-corrected chi connectivity index (χ4v) is 3.01. The Balaban J connectivity index is 1.91. The summed E-state index contributed by atoms with van der Waals surface area (Å²) in [6.45, 7) is 7.47. The van der Waals surface area contributed by atoms with Gasteiger partial charge in [-0.3, -0.25) is 5.10 Å². The molecule has 0 radical (unpaired) electrons. The largest absolute Gasteiger partial charge is 0.305 e. The fraction of sp³-hybridized carbons (Fsp3) is 0.385. The quantitative estimate of drug-likeness (QED) is 0.720. The van der Waals surface area contributed by atoms with Crippen LogP contribution < -0.4 is 0 Å². The molecule has 4 rings (SSSR count). The molecule has 2 saturated carbocycles. The van der Waals surface area contributed by atoms with Crippen LogP contribution in [0.2, 0.25) is 0 Å². The van der Waals surface area contributed by atoms with Gasteiger partial charge >= 0.3 is 0 Å². The van der Waals surface area contributed by atoms with Gasteiger partial charge in [-0.1, -0.05) is 12.1 Å². The van der Waals surface area contributed by atoms with Crippen LogP contribution in [0.25, 0.3) is 15.7 Å². The summed E-state index contributed by atoms with van der Waals surface area (Å²) in [5, 5.41) is 8.12. The number of nitrogens with zero attached hydrogens (tertiary/aromatic N) is 2. The molecule has 1 aromatic carbocycles. The second-order valence-electron chi connectivity index (χ2n) is 5.10. The maximum absolute atomic E-state index is 7.47. The Morgan fingerprint density at radius 1 is 1.38 bits per heavy atom. The highest BCUT2D eigenvalue weighted by atomic mass is 15.1. The maximum Gasteiger partial charge on any atom is 0.264 e. The molecule has 16 heavy (non-hydrogen) atoms. The standard InChI is InChI=1S/C13H11N3/c1-14-13(8-12(13)4-5-12)10-3-2-9-7-15-16-11(9)6-10/h2-3,6-7H,4-5,8H2,(H,15,16). The Labute approximate surface area is 93.3 Å². The van der Waals surface area contributed by atoms with Crippen LogP contribution in [-0.2, 0) is 5.54 Å². The van der Waals surface area contributed by atoms with Gasteiger partial charge in [0.25, 0.3) is 5.54 Å². The highest BCUT2D eigenvalue weighted by Gasteiger charge is 2.82. The van der Waals surface area contributed by atoms with E-state index in [0.29, 0.717) is 5.41 Å². The smallest absolute Gasteiger partial charge is 0.264 e. The highest BCUT2D eigenvalue weighted by Crippen LogP contribution is 2.79. The van der Waals surface area contributed by atoms with Crippen molar-refractivity contribution in [2.24, 2.45) is 5.41 Å². The van der Waals surface area contributed by atoms with Crippen LogP contribution >= 0.6 is 0 Å². The molecule has 0 bridgehead atoms. The summed E-state index contributed by atoms with van der Waals surface area (Å²) in [6, 6.07) is 6.27. The van der Waals surface area contributed by atoms with Gasteiger partial charge < -0.3 is 4.85 Å². The summed E-state index contributed by atoms with van der Waals surface area (Å²) in [6.07, 6.45) is 5.35. The van der Waals surface area contributed by atoms with Gasteiger partial charge in [-0.2, -0.15) is 5.10 Å². The lowest BCUT2D eigenvalue weighted by atomic mass is 10.0. The molecule has 0 amide bonds. The van der Waals surface area contributed by atoms with Crippen LogP contribution in [-0.4, -0.2) is 10.2 Å². The summed E-state index contributed by atoms with van der Waals surface area (Å²) in [5.41, 5.74) is 2.37. The van der Waals surface area contributed by atoms with Gasteiger partial charge in [-0.05, 0) is 18.9 Å². The van der Waals surface area contributed by atoms with Gasteiger partial charge in [-0.25, -0.2) is 6.57 Å². The molecule has 3 nitrogen and oxygen atoms in total. The Bertz CT molecular complexity index is 630. The van der Waals surface area contributed by atoms with Crippen LogP contribution in [0, 0.1) is 12.0 Å². The fourth-order valence-electron chi connectivity index (χ4n) is 3.01. The van der Waals surface area contributed by atoms with Crippen molar-refractivity contribution in [3.05, 3.63) is 41.4 Å². The summed E-state index contributed by atoms with van der Waals surface area (Å²) in [4.78, 5) is 3.92. The van der Waals surface area contributed by atoms with Crippen molar-refractivity contribution < 1.29 is 0 Å². The third kappa shape index (κ3) is 0.780. The molecule has 1 N–H and O–H groups in total. The average Bonchev–Trinajstić information content (AvgIpc) is 3.17. The van der Waals surface area contributed by atoms with Crippen LogP contribution in [0.5, 0.6) is 0 Å². The van der Waals surface area contributed by atoms with E-state index in [0.717, 1.165) is 17.3 Å². The van der Waals surface area contributed by atoms with Crippen LogP contribution in [0.1, 0.15) is 24.8 Å². The second kappa shape index (κ2) is 2.30. The van der Waals surface area contributed by atoms with Crippen molar-refractivity contribution in [1.29, 1.82) is 0 Å². The van der Waals surface area contributed by atoms with Crippen LogP contribution in [0.3, 0.4) is 0 Å². The van der Waals surface area contributed by atoms with E-state index < -0.39 is 0 Å². The number of nitrogens with one attached hydrogen (secondary N) is 1. The molecule has 1 heterocycles. The van der Waals surface area contributed by atoms with E-state index in [-0.39, 0.29) is 5.54 Å². The zero-order valence-corrected chi connectivity index (χ0v) is 8.83. The van der Waals surface area contributed by atoms with Crippen molar-refractivity contribution in [2.75, 3.05) is 0 Å². The molecular weight excluding hydrogens is 198 g/mol. The number of rotatable bonds is 1. The van der Waals surface area contributed by atoms with Crippen LogP contribution in [0.4, 0.5) is 0 Å². The lowest BCUT2D eigenvalue weighted by molar-refractivity contribution is 0.722. The minimum Gasteiger partial charge on any atom is -0.305 e. The molecule has 0 saturated heterocycles. The molecule has 2 aromatic rings. The number of hydrogen-bond donors (Lipinski definition) is 1. The normalized spacial score (nSPS) is 29.2. The van der Waals surface area contributed by atoms with Crippen molar-refractivity contribution in [3.8, 4) is 0 Å². The lowest BCUT2D eigenvalue weighted by Gasteiger charge is -2.04. The third-order valence-corrected chi connectivity index (χ3v) is 4.31. The monoisotopic (exact) mass is 209 g/mol. The molecule has 1 unspecified atom stereocenters. The first-order valence-corrected chi connectivity index (χ1v) is 5.62. The minimum atomic E-state index is -0.202. The Morgan fingerprint density at radius 2 is 2.25 bits per heavy atom. The van der Waals surface area contributed by atoms with E-state index in [1.807, 2.05) is 6.20 Å². The summed E-state index contributed by atoms with van der Waals surface area (Å²) in [7, 11) is 0. The van der Waals surface area contributed by atoms with E-state index in [4.69, 9.17) is 6.57 Å². The summed E-state index contributed by atoms with van der Waals surface area (Å²) >= 11 is 0. The lowest BCUT2D eigenvalue weighted by Crippen LogP contribution is -2.04. The molecule has 1 atom stereocenters. The van der Waals surface area contributed by atoms with E-state index in [1.165, 1.54) is 18.4 Å². The first-order valence-electron chi connectivity index (χ1n) is 5.62. The van der Waals surface area contributed by atoms with Crippen molar-refractivity contribution in [3.63, 3.8) is 0 Å². The predicted molar refractivity (Wildman–Crippen MR) is 60.7 cm³/mol. The maximum atomic E-state index is 7.47. The highest BCUT2D eigenvalue weighted by molar-refractivity contribution is 5.79. The number of H-pyrrole nitrogens is 1. The summed E-state index contributed by atoms with van der Waals surface area (Å²) < 4.78 is 0. The summed E-state index contributed by atoms with van der Waals surface area (Å²) in [5.74, 6) is 0. The van der Waals surface area contributed by atoms with Gasteiger partial charge in [0.15, 0.2) is 0 Å². The Morgan fingerprint density at radius 3 is 2.94 bits per heavy atom. The van der Waals surface area contributed by atoms with Crippen molar-refractivity contribution in [1.82, 2.24) is 10.2 Å². The van der Waals surface area contributed by atoms with E-state index in [9.17, 15) is 0 Å². The van der Waals surface area contributed by atoms with Crippen LogP contribution in [0.15, 0.2) is 24.4 Å². The van der Waals surface area contributed by atoms with Gasteiger partial charge in [0, 0.05) is 17.4 Å². The number of aromatic nitrogens is 2. The van der Waals surface area contributed by atoms with Gasteiger partial charge in [-0.15, -0.1) is 0 Å². The van der Waals surface area contributed by atoms with E-state index in [2.05, 4.69) is 33.2 Å². The molecule has 3 heteroatoms. The van der Waals surface area contributed by atoms with Crippen molar-refractivity contribution in [2.45, 2.75) is 24.8 Å². The average molecular weight is 209 g/mol. The number of benzene rings is 1. The Hall–Kier alpha value is -1.82. The predicted octanol–water partition coefficient (Wildman–Crippen LogP) is 2.86. The molecule has 2 aliphatic carbocycles. The molecule has 1 spiro atoms. The molecule has 1 aromatic heterocycles.